The van der Waals surface area contributed by atoms with E-state index in [1.165, 1.54) is 0 Å². The molecule has 160 valence electrons. The number of primary amides is 1. The normalized spacial score (nSPS) is 13.9. The Morgan fingerprint density at radius 3 is 2.04 bits per heavy atom. The van der Waals surface area contributed by atoms with Crippen LogP contribution in [0.4, 0.5) is 0 Å². The smallest absolute Gasteiger partial charge is 0.326 e. The molecule has 0 aliphatic heterocycles. The van der Waals surface area contributed by atoms with Gasteiger partial charge in [-0.25, -0.2) is 4.79 Å². The second-order valence-corrected chi connectivity index (χ2v) is 6.82. The minimum absolute atomic E-state index is 0.114. The molecule has 0 saturated carbocycles. The van der Waals surface area contributed by atoms with Crippen LogP contribution < -0.4 is 33.6 Å². The van der Waals surface area contributed by atoms with E-state index in [2.05, 4.69) is 15.6 Å². The topological polar surface area (TPSA) is 229 Å². The third-order valence-corrected chi connectivity index (χ3v) is 3.66. The Bertz CT molecular complexity index is 590. The lowest BCUT2D eigenvalue weighted by molar-refractivity contribution is -0.143. The van der Waals surface area contributed by atoms with Crippen LogP contribution in [0, 0.1) is 5.92 Å². The van der Waals surface area contributed by atoms with Crippen molar-refractivity contribution in [3.63, 3.8) is 0 Å². The molecule has 0 aromatic carbocycles. The summed E-state index contributed by atoms with van der Waals surface area (Å²) in [6, 6.07) is -3.41. The predicted molar refractivity (Wildman–Crippen MR) is 103 cm³/mol. The molecule has 28 heavy (non-hydrogen) atoms. The number of nitrogens with one attached hydrogen (secondary N) is 2. The standard InChI is InChI=1S/C16H31N7O5/c1-8(2)6-9(17)13(25)22-10(4-3-5-21-16(19)20)14(26)23-11(15(27)28)7-12(18)24/h8-11H,3-7,17H2,1-2H3,(H2,18,24)(H,22,25)(H,23,26)(H,27,28)(H4,19,20,21)/t9-,10-,11-/m0/s1. The number of carboxylic acid groups (broad SMARTS) is 1. The van der Waals surface area contributed by atoms with Crippen molar-refractivity contribution in [1.82, 2.24) is 10.6 Å². The summed E-state index contributed by atoms with van der Waals surface area (Å²) >= 11 is 0. The first-order valence-corrected chi connectivity index (χ1v) is 8.86. The molecule has 0 aromatic heterocycles. The SMILES string of the molecule is CC(C)C[C@H](N)C(=O)N[C@@H](CCCN=C(N)N)C(=O)N[C@@H](CC(N)=O)C(=O)O. The van der Waals surface area contributed by atoms with Crippen LogP contribution in [0.15, 0.2) is 4.99 Å². The van der Waals surface area contributed by atoms with Crippen LogP contribution in [0.5, 0.6) is 0 Å². The fraction of sp³-hybridized carbons (Fsp3) is 0.688. The van der Waals surface area contributed by atoms with Gasteiger partial charge in [-0.15, -0.1) is 0 Å². The lowest BCUT2D eigenvalue weighted by Gasteiger charge is -2.23. The van der Waals surface area contributed by atoms with E-state index < -0.39 is 48.2 Å². The Labute approximate surface area is 163 Å². The Kier molecular flexibility index (Phi) is 11.2. The number of carboxylic acids is 1. The van der Waals surface area contributed by atoms with Crippen molar-refractivity contribution in [2.75, 3.05) is 6.54 Å². The molecule has 3 amide bonds. The molecule has 0 fully saturated rings. The maximum Gasteiger partial charge on any atom is 0.326 e. The molecule has 0 aliphatic carbocycles. The summed E-state index contributed by atoms with van der Waals surface area (Å²) in [5.41, 5.74) is 21.3. The van der Waals surface area contributed by atoms with E-state index >= 15 is 0 Å². The highest BCUT2D eigenvalue weighted by Gasteiger charge is 2.28. The third-order valence-electron chi connectivity index (χ3n) is 3.66. The molecule has 0 unspecified atom stereocenters. The Balaban J connectivity index is 5.14. The molecule has 0 spiro atoms. The maximum absolute atomic E-state index is 12.5. The molecule has 0 aromatic rings. The molecular weight excluding hydrogens is 370 g/mol. The summed E-state index contributed by atoms with van der Waals surface area (Å²) < 4.78 is 0. The third kappa shape index (κ3) is 11.0. The summed E-state index contributed by atoms with van der Waals surface area (Å²) in [4.78, 5) is 50.7. The lowest BCUT2D eigenvalue weighted by atomic mass is 10.0. The molecule has 0 heterocycles. The highest BCUT2D eigenvalue weighted by atomic mass is 16.4. The van der Waals surface area contributed by atoms with Crippen LogP contribution in [0.1, 0.15) is 39.5 Å². The van der Waals surface area contributed by atoms with E-state index in [4.69, 9.17) is 28.0 Å². The van der Waals surface area contributed by atoms with Crippen molar-refractivity contribution in [3.05, 3.63) is 0 Å². The van der Waals surface area contributed by atoms with Crippen molar-refractivity contribution in [2.45, 2.75) is 57.7 Å². The molecule has 0 aliphatic rings. The van der Waals surface area contributed by atoms with Crippen LogP contribution in [0.2, 0.25) is 0 Å². The number of carbonyl (C=O) groups is 4. The Morgan fingerprint density at radius 2 is 1.57 bits per heavy atom. The average Bonchev–Trinajstić information content (AvgIpc) is 2.55. The summed E-state index contributed by atoms with van der Waals surface area (Å²) in [5.74, 6) is -3.58. The number of nitrogens with zero attached hydrogens (tertiary/aromatic N) is 1. The zero-order chi connectivity index (χ0) is 21.9. The first kappa shape index (κ1) is 25.1. The number of nitrogens with two attached hydrogens (primary N) is 4. The summed E-state index contributed by atoms with van der Waals surface area (Å²) in [7, 11) is 0. The van der Waals surface area contributed by atoms with E-state index in [0.717, 1.165) is 0 Å². The zero-order valence-electron chi connectivity index (χ0n) is 16.2. The molecule has 11 N–H and O–H groups in total. The largest absolute Gasteiger partial charge is 0.480 e. The number of hydrogen-bond acceptors (Lipinski definition) is 6. The molecule has 12 nitrogen and oxygen atoms in total. The molecular formula is C16H31N7O5. The molecule has 0 saturated heterocycles. The van der Waals surface area contributed by atoms with Crippen LogP contribution in [0.3, 0.4) is 0 Å². The molecule has 0 radical (unpaired) electrons. The Hall–Kier alpha value is -2.89. The summed E-state index contributed by atoms with van der Waals surface area (Å²) in [5, 5.41) is 13.8. The maximum atomic E-state index is 12.5. The van der Waals surface area contributed by atoms with E-state index in [9.17, 15) is 19.2 Å². The van der Waals surface area contributed by atoms with Gasteiger partial charge >= 0.3 is 5.97 Å². The van der Waals surface area contributed by atoms with Gasteiger partial charge in [-0.2, -0.15) is 0 Å². The van der Waals surface area contributed by atoms with Gasteiger partial charge in [0.1, 0.15) is 12.1 Å². The van der Waals surface area contributed by atoms with Gasteiger partial charge in [-0.05, 0) is 25.2 Å². The quantitative estimate of drug-likeness (QED) is 0.0975. The van der Waals surface area contributed by atoms with Gasteiger partial charge in [0, 0.05) is 6.54 Å². The van der Waals surface area contributed by atoms with Gasteiger partial charge < -0.3 is 38.7 Å². The predicted octanol–water partition coefficient (Wildman–Crippen LogP) is -2.66. The lowest BCUT2D eigenvalue weighted by Crippen LogP contribution is -2.55. The second kappa shape index (κ2) is 12.5. The van der Waals surface area contributed by atoms with Crippen molar-refractivity contribution in [1.29, 1.82) is 0 Å². The van der Waals surface area contributed by atoms with E-state index in [1.54, 1.807) is 0 Å². The zero-order valence-corrected chi connectivity index (χ0v) is 16.2. The van der Waals surface area contributed by atoms with Crippen molar-refractivity contribution < 1.29 is 24.3 Å². The highest BCUT2D eigenvalue weighted by molar-refractivity contribution is 5.93. The summed E-state index contributed by atoms with van der Waals surface area (Å²) in [6.07, 6.45) is 0.297. The van der Waals surface area contributed by atoms with Gasteiger partial charge in [0.15, 0.2) is 5.96 Å². The first-order valence-electron chi connectivity index (χ1n) is 8.86. The first-order chi connectivity index (χ1) is 12.9. The van der Waals surface area contributed by atoms with E-state index in [-0.39, 0.29) is 24.8 Å². The minimum atomic E-state index is -1.51. The minimum Gasteiger partial charge on any atom is -0.480 e. The number of amides is 3. The van der Waals surface area contributed by atoms with E-state index in [0.29, 0.717) is 12.8 Å². The molecule has 0 bridgehead atoms. The summed E-state index contributed by atoms with van der Waals surface area (Å²) in [6.45, 7) is 4.01. The number of hydrogen-bond donors (Lipinski definition) is 7. The van der Waals surface area contributed by atoms with Gasteiger partial charge in [-0.3, -0.25) is 19.4 Å². The molecule has 0 rings (SSSR count). The van der Waals surface area contributed by atoms with Gasteiger partial charge in [0.2, 0.25) is 17.7 Å². The van der Waals surface area contributed by atoms with Crippen molar-refractivity contribution in [3.8, 4) is 0 Å². The number of aliphatic carboxylic acids is 1. The number of aliphatic imine (C=N–C) groups is 1. The van der Waals surface area contributed by atoms with Gasteiger partial charge in [0.05, 0.1) is 12.5 Å². The highest BCUT2D eigenvalue weighted by Crippen LogP contribution is 2.05. The van der Waals surface area contributed by atoms with Crippen LogP contribution >= 0.6 is 0 Å². The van der Waals surface area contributed by atoms with Crippen LogP contribution in [0.25, 0.3) is 0 Å². The molecule has 3 atom stereocenters. The Morgan fingerprint density at radius 1 is 1.00 bits per heavy atom. The van der Waals surface area contributed by atoms with Crippen molar-refractivity contribution >= 4 is 29.7 Å². The van der Waals surface area contributed by atoms with Gasteiger partial charge in [0.25, 0.3) is 0 Å². The fourth-order valence-corrected chi connectivity index (χ4v) is 2.34. The second-order valence-electron chi connectivity index (χ2n) is 6.82. The van der Waals surface area contributed by atoms with Crippen LogP contribution in [-0.4, -0.2) is 59.4 Å². The average molecular weight is 401 g/mol. The molecule has 12 heteroatoms. The number of rotatable bonds is 13. The monoisotopic (exact) mass is 401 g/mol. The number of guanidine groups is 1. The van der Waals surface area contributed by atoms with Crippen LogP contribution in [-0.2, 0) is 19.2 Å². The number of carbonyl (C=O) groups excluding carboxylic acids is 3. The van der Waals surface area contributed by atoms with Gasteiger partial charge in [-0.1, -0.05) is 13.8 Å². The van der Waals surface area contributed by atoms with E-state index in [1.807, 2.05) is 13.8 Å². The van der Waals surface area contributed by atoms with Crippen molar-refractivity contribution in [2.24, 2.45) is 33.8 Å². The fourth-order valence-electron chi connectivity index (χ4n) is 2.34.